The van der Waals surface area contributed by atoms with Crippen LogP contribution in [0.5, 0.6) is 11.5 Å². The van der Waals surface area contributed by atoms with E-state index in [1.807, 2.05) is 30.9 Å². The SMILES string of the molecule is CCOc1cc(CN2CCC3(CC2)CCN(c2ccc(C(=O)OC)cc2)C(=O)C3)cc(OCC)c1-c1ccc(F)cc1. The van der Waals surface area contributed by atoms with Crippen molar-refractivity contribution in [3.8, 4) is 22.6 Å². The van der Waals surface area contributed by atoms with Crippen molar-refractivity contribution in [3.63, 3.8) is 0 Å². The minimum Gasteiger partial charge on any atom is -0.493 e. The van der Waals surface area contributed by atoms with E-state index in [2.05, 4.69) is 17.0 Å². The molecular formula is C34H39FN2O5. The van der Waals surface area contributed by atoms with Crippen molar-refractivity contribution in [2.45, 2.75) is 46.1 Å². The summed E-state index contributed by atoms with van der Waals surface area (Å²) in [4.78, 5) is 29.3. The van der Waals surface area contributed by atoms with E-state index >= 15 is 0 Å². The molecule has 1 spiro atoms. The molecule has 8 heteroatoms. The van der Waals surface area contributed by atoms with Gasteiger partial charge in [-0.15, -0.1) is 0 Å². The van der Waals surface area contributed by atoms with Crippen LogP contribution in [0.1, 0.15) is 55.5 Å². The number of methoxy groups -OCH3 is 1. The highest BCUT2D eigenvalue weighted by Gasteiger charge is 2.41. The molecule has 222 valence electrons. The molecule has 0 aliphatic carbocycles. The highest BCUT2D eigenvalue weighted by molar-refractivity contribution is 5.95. The Hall–Kier alpha value is -3.91. The van der Waals surface area contributed by atoms with Gasteiger partial charge in [-0.3, -0.25) is 9.69 Å². The second kappa shape index (κ2) is 12.9. The monoisotopic (exact) mass is 574 g/mol. The third kappa shape index (κ3) is 6.44. The molecule has 3 aromatic carbocycles. The fourth-order valence-electron chi connectivity index (χ4n) is 6.19. The molecule has 3 aromatic rings. The van der Waals surface area contributed by atoms with Crippen molar-refractivity contribution in [1.82, 2.24) is 4.90 Å². The van der Waals surface area contributed by atoms with Gasteiger partial charge in [0.05, 0.1) is 31.5 Å². The first-order valence-electron chi connectivity index (χ1n) is 14.7. The number of halogens is 1. The molecule has 0 unspecified atom stereocenters. The number of amides is 1. The molecule has 2 heterocycles. The Morgan fingerprint density at radius 2 is 1.48 bits per heavy atom. The normalized spacial score (nSPS) is 16.9. The lowest BCUT2D eigenvalue weighted by Gasteiger charge is -2.46. The van der Waals surface area contributed by atoms with Crippen LogP contribution in [0.15, 0.2) is 60.7 Å². The van der Waals surface area contributed by atoms with Crippen LogP contribution >= 0.6 is 0 Å². The van der Waals surface area contributed by atoms with Crippen LogP contribution in [0.25, 0.3) is 11.1 Å². The number of hydrogen-bond acceptors (Lipinski definition) is 6. The molecular weight excluding hydrogens is 535 g/mol. The number of ether oxygens (including phenoxy) is 3. The van der Waals surface area contributed by atoms with E-state index in [1.54, 1.807) is 24.3 Å². The maximum absolute atomic E-state index is 13.6. The number of piperidine rings is 2. The summed E-state index contributed by atoms with van der Waals surface area (Å²) in [5, 5.41) is 0. The van der Waals surface area contributed by atoms with E-state index in [9.17, 15) is 14.0 Å². The molecule has 2 saturated heterocycles. The number of rotatable bonds is 9. The lowest BCUT2D eigenvalue weighted by atomic mass is 9.71. The van der Waals surface area contributed by atoms with Gasteiger partial charge in [-0.1, -0.05) is 12.1 Å². The molecule has 0 aromatic heterocycles. The highest BCUT2D eigenvalue weighted by atomic mass is 19.1. The number of hydrogen-bond donors (Lipinski definition) is 0. The van der Waals surface area contributed by atoms with Crippen LogP contribution in [0.4, 0.5) is 10.1 Å². The Balaban J connectivity index is 1.25. The summed E-state index contributed by atoms with van der Waals surface area (Å²) in [5.74, 6) is 0.937. The zero-order valence-electron chi connectivity index (χ0n) is 24.7. The van der Waals surface area contributed by atoms with Gasteiger partial charge in [-0.25, -0.2) is 9.18 Å². The van der Waals surface area contributed by atoms with E-state index in [4.69, 9.17) is 14.2 Å². The van der Waals surface area contributed by atoms with E-state index in [1.165, 1.54) is 19.2 Å². The van der Waals surface area contributed by atoms with Crippen molar-refractivity contribution in [2.24, 2.45) is 5.41 Å². The standard InChI is InChI=1S/C34H39FN2O5/c1-4-41-29-20-24(21-30(42-5-2)32(29)25-6-10-27(35)11-7-25)23-36-17-14-34(15-18-36)16-19-37(31(38)22-34)28-12-8-26(9-13-28)33(39)40-3/h6-13,20-21H,4-5,14-19,22-23H2,1-3H3. The van der Waals surface area contributed by atoms with Crippen molar-refractivity contribution >= 4 is 17.6 Å². The Bertz CT molecular complexity index is 1370. The van der Waals surface area contributed by atoms with Crippen molar-refractivity contribution in [3.05, 3.63) is 77.6 Å². The molecule has 5 rings (SSSR count). The Morgan fingerprint density at radius 3 is 2.02 bits per heavy atom. The average Bonchev–Trinajstić information content (AvgIpc) is 2.99. The molecule has 7 nitrogen and oxygen atoms in total. The third-order valence-corrected chi connectivity index (χ3v) is 8.47. The molecule has 2 fully saturated rings. The fraction of sp³-hybridized carbons (Fsp3) is 0.412. The number of anilines is 1. The van der Waals surface area contributed by atoms with E-state index in [0.717, 1.165) is 72.8 Å². The van der Waals surface area contributed by atoms with Crippen LogP contribution in [-0.4, -0.2) is 56.7 Å². The first-order valence-corrected chi connectivity index (χ1v) is 14.7. The molecule has 0 bridgehead atoms. The van der Waals surface area contributed by atoms with Gasteiger partial charge in [0.15, 0.2) is 0 Å². The number of nitrogens with zero attached hydrogens (tertiary/aromatic N) is 2. The van der Waals surface area contributed by atoms with Gasteiger partial charge >= 0.3 is 5.97 Å². The minimum atomic E-state index is -0.385. The first kappa shape index (κ1) is 29.6. The average molecular weight is 575 g/mol. The van der Waals surface area contributed by atoms with Crippen LogP contribution in [0.3, 0.4) is 0 Å². The zero-order valence-corrected chi connectivity index (χ0v) is 24.7. The quantitative estimate of drug-likeness (QED) is 0.272. The largest absolute Gasteiger partial charge is 0.493 e. The Kier molecular flexibility index (Phi) is 9.12. The summed E-state index contributed by atoms with van der Waals surface area (Å²) in [7, 11) is 1.36. The van der Waals surface area contributed by atoms with Crippen LogP contribution in [0, 0.1) is 11.2 Å². The number of likely N-dealkylation sites (tertiary alicyclic amines) is 1. The molecule has 42 heavy (non-hydrogen) atoms. The number of carbonyl (C=O) groups is 2. The van der Waals surface area contributed by atoms with Crippen LogP contribution in [-0.2, 0) is 16.1 Å². The summed E-state index contributed by atoms with van der Waals surface area (Å²) in [6.07, 6.45) is 3.44. The minimum absolute atomic E-state index is 0.0233. The number of carbonyl (C=O) groups excluding carboxylic acids is 2. The molecule has 0 saturated carbocycles. The second-order valence-electron chi connectivity index (χ2n) is 11.1. The molecule has 0 radical (unpaired) electrons. The van der Waals surface area contributed by atoms with Gasteiger partial charge < -0.3 is 19.1 Å². The third-order valence-electron chi connectivity index (χ3n) is 8.47. The van der Waals surface area contributed by atoms with Gasteiger partial charge in [0.2, 0.25) is 5.91 Å². The van der Waals surface area contributed by atoms with Gasteiger partial charge in [0.1, 0.15) is 17.3 Å². The summed E-state index contributed by atoms with van der Waals surface area (Å²) in [6, 6.07) is 17.6. The first-order chi connectivity index (χ1) is 20.3. The Labute approximate surface area is 247 Å². The summed E-state index contributed by atoms with van der Waals surface area (Å²) in [6.45, 7) is 8.18. The maximum atomic E-state index is 13.6. The topological polar surface area (TPSA) is 68.3 Å². The van der Waals surface area contributed by atoms with Crippen LogP contribution in [0.2, 0.25) is 0 Å². The van der Waals surface area contributed by atoms with Gasteiger partial charge in [0, 0.05) is 25.2 Å². The second-order valence-corrected chi connectivity index (χ2v) is 11.1. The predicted molar refractivity (Wildman–Crippen MR) is 160 cm³/mol. The van der Waals surface area contributed by atoms with Gasteiger partial charge in [0.25, 0.3) is 0 Å². The lowest BCUT2D eigenvalue weighted by Crippen LogP contribution is -2.49. The van der Waals surface area contributed by atoms with Crippen molar-refractivity contribution in [2.75, 3.05) is 44.9 Å². The number of esters is 1. The molecule has 0 atom stereocenters. The van der Waals surface area contributed by atoms with Gasteiger partial charge in [-0.05, 0) is 111 Å². The Morgan fingerprint density at radius 1 is 0.881 bits per heavy atom. The van der Waals surface area contributed by atoms with Crippen molar-refractivity contribution < 1.29 is 28.2 Å². The molecule has 1 amide bonds. The van der Waals surface area contributed by atoms with Crippen LogP contribution < -0.4 is 14.4 Å². The summed E-state index contributed by atoms with van der Waals surface area (Å²) >= 11 is 0. The summed E-state index contributed by atoms with van der Waals surface area (Å²) in [5.41, 5.74) is 4.11. The fourth-order valence-corrected chi connectivity index (χ4v) is 6.19. The molecule has 2 aliphatic heterocycles. The highest BCUT2D eigenvalue weighted by Crippen LogP contribution is 2.44. The van der Waals surface area contributed by atoms with E-state index in [0.29, 0.717) is 31.7 Å². The maximum Gasteiger partial charge on any atom is 0.337 e. The lowest BCUT2D eigenvalue weighted by molar-refractivity contribution is -0.124. The smallest absolute Gasteiger partial charge is 0.337 e. The van der Waals surface area contributed by atoms with E-state index in [-0.39, 0.29) is 23.1 Å². The summed E-state index contributed by atoms with van der Waals surface area (Å²) < 4.78 is 30.5. The van der Waals surface area contributed by atoms with Crippen molar-refractivity contribution in [1.29, 1.82) is 0 Å². The van der Waals surface area contributed by atoms with E-state index < -0.39 is 0 Å². The number of benzene rings is 3. The van der Waals surface area contributed by atoms with Gasteiger partial charge in [-0.2, -0.15) is 0 Å². The molecule has 0 N–H and O–H groups in total. The zero-order chi connectivity index (χ0) is 29.7. The molecule has 2 aliphatic rings. The predicted octanol–water partition coefficient (Wildman–Crippen LogP) is 6.49.